The highest BCUT2D eigenvalue weighted by atomic mass is 16.5. The van der Waals surface area contributed by atoms with Gasteiger partial charge >= 0.3 is 0 Å². The molecule has 4 heteroatoms. The smallest absolute Gasteiger partial charge is 0.201 e. The number of nitrogens with zero attached hydrogens (tertiary/aromatic N) is 1. The van der Waals surface area contributed by atoms with Gasteiger partial charge in [0.1, 0.15) is 5.75 Å². The SMILES string of the molecule is Cc1cc(C(=O)COc2ccc(-c3ccc(C#N)cc3)cc2)c(C)[nH]1. The van der Waals surface area contributed by atoms with Gasteiger partial charge in [-0.25, -0.2) is 0 Å². The molecule has 0 atom stereocenters. The summed E-state index contributed by atoms with van der Waals surface area (Å²) >= 11 is 0. The van der Waals surface area contributed by atoms with Crippen LogP contribution in [0.2, 0.25) is 0 Å². The molecule has 0 aliphatic rings. The van der Waals surface area contributed by atoms with Crippen LogP contribution in [0.25, 0.3) is 11.1 Å². The quantitative estimate of drug-likeness (QED) is 0.704. The summed E-state index contributed by atoms with van der Waals surface area (Å²) in [7, 11) is 0. The second-order valence-electron chi connectivity index (χ2n) is 5.92. The van der Waals surface area contributed by atoms with E-state index in [4.69, 9.17) is 10.00 Å². The Morgan fingerprint density at radius 3 is 2.16 bits per heavy atom. The molecule has 0 spiro atoms. The van der Waals surface area contributed by atoms with Gasteiger partial charge in [0.25, 0.3) is 0 Å². The minimum absolute atomic E-state index is 0.00828. The average Bonchev–Trinajstić information content (AvgIpc) is 2.98. The molecule has 0 radical (unpaired) electrons. The molecule has 0 amide bonds. The largest absolute Gasteiger partial charge is 0.485 e. The van der Waals surface area contributed by atoms with Crippen LogP contribution in [-0.2, 0) is 0 Å². The molecule has 124 valence electrons. The van der Waals surface area contributed by atoms with Gasteiger partial charge in [-0.2, -0.15) is 5.26 Å². The van der Waals surface area contributed by atoms with E-state index in [1.165, 1.54) is 0 Å². The number of aromatic nitrogens is 1. The number of hydrogen-bond acceptors (Lipinski definition) is 3. The third-order valence-corrected chi connectivity index (χ3v) is 4.02. The topological polar surface area (TPSA) is 65.9 Å². The zero-order valence-electron chi connectivity index (χ0n) is 14.2. The van der Waals surface area contributed by atoms with Crippen LogP contribution in [0.5, 0.6) is 5.75 Å². The van der Waals surface area contributed by atoms with E-state index >= 15 is 0 Å². The van der Waals surface area contributed by atoms with E-state index < -0.39 is 0 Å². The summed E-state index contributed by atoms with van der Waals surface area (Å²) in [4.78, 5) is 15.4. The number of carbonyl (C=O) groups is 1. The van der Waals surface area contributed by atoms with Gasteiger partial charge < -0.3 is 9.72 Å². The molecule has 0 aliphatic carbocycles. The van der Waals surface area contributed by atoms with Crippen molar-refractivity contribution in [3.63, 3.8) is 0 Å². The van der Waals surface area contributed by atoms with Gasteiger partial charge in [-0.05, 0) is 55.3 Å². The first kappa shape index (κ1) is 16.5. The summed E-state index contributed by atoms with van der Waals surface area (Å²) in [6.07, 6.45) is 0. The predicted molar refractivity (Wildman–Crippen MR) is 96.7 cm³/mol. The van der Waals surface area contributed by atoms with Crippen molar-refractivity contribution < 1.29 is 9.53 Å². The average molecular weight is 330 g/mol. The van der Waals surface area contributed by atoms with E-state index in [2.05, 4.69) is 11.1 Å². The molecular weight excluding hydrogens is 312 g/mol. The summed E-state index contributed by atoms with van der Waals surface area (Å²) in [5.41, 5.74) is 5.19. The second-order valence-corrected chi connectivity index (χ2v) is 5.92. The fraction of sp³-hybridized carbons (Fsp3) is 0.143. The molecule has 3 rings (SSSR count). The molecule has 3 aromatic rings. The Labute approximate surface area is 146 Å². The molecule has 2 aromatic carbocycles. The number of rotatable bonds is 5. The van der Waals surface area contributed by atoms with Crippen molar-refractivity contribution in [1.29, 1.82) is 5.26 Å². The number of ether oxygens (including phenoxy) is 1. The third kappa shape index (κ3) is 3.78. The van der Waals surface area contributed by atoms with Crippen LogP contribution in [0.3, 0.4) is 0 Å². The van der Waals surface area contributed by atoms with Gasteiger partial charge in [-0.15, -0.1) is 0 Å². The van der Waals surface area contributed by atoms with Crippen molar-refractivity contribution >= 4 is 5.78 Å². The van der Waals surface area contributed by atoms with Crippen molar-refractivity contribution in [3.05, 3.63) is 77.1 Å². The lowest BCUT2D eigenvalue weighted by atomic mass is 10.0. The number of H-pyrrole nitrogens is 1. The van der Waals surface area contributed by atoms with Gasteiger partial charge in [-0.3, -0.25) is 4.79 Å². The normalized spacial score (nSPS) is 10.3. The Bertz CT molecular complexity index is 930. The van der Waals surface area contributed by atoms with Crippen molar-refractivity contribution in [1.82, 2.24) is 4.98 Å². The van der Waals surface area contributed by atoms with Crippen LogP contribution < -0.4 is 4.74 Å². The highest BCUT2D eigenvalue weighted by Crippen LogP contribution is 2.23. The minimum atomic E-state index is -0.0435. The molecule has 0 fully saturated rings. The molecular formula is C21H18N2O2. The number of aromatic amines is 1. The van der Waals surface area contributed by atoms with Gasteiger partial charge in [0.15, 0.2) is 6.61 Å². The number of ketones is 1. The molecule has 0 bridgehead atoms. The summed E-state index contributed by atoms with van der Waals surface area (Å²) in [6, 6.07) is 18.9. The van der Waals surface area contributed by atoms with Crippen LogP contribution in [0.1, 0.15) is 27.3 Å². The molecule has 0 saturated carbocycles. The number of aryl methyl sites for hydroxylation is 2. The predicted octanol–water partition coefficient (Wildman–Crippen LogP) is 4.43. The van der Waals surface area contributed by atoms with Crippen molar-refractivity contribution in [2.24, 2.45) is 0 Å². The van der Waals surface area contributed by atoms with Gasteiger partial charge in [0, 0.05) is 17.0 Å². The molecule has 0 unspecified atom stereocenters. The Hall–Kier alpha value is -3.32. The first-order valence-electron chi connectivity index (χ1n) is 7.99. The monoisotopic (exact) mass is 330 g/mol. The van der Waals surface area contributed by atoms with E-state index in [1.807, 2.05) is 56.3 Å². The van der Waals surface area contributed by atoms with E-state index in [9.17, 15) is 4.79 Å². The fourth-order valence-corrected chi connectivity index (χ4v) is 2.72. The Balaban J connectivity index is 1.65. The number of hydrogen-bond donors (Lipinski definition) is 1. The first-order valence-corrected chi connectivity index (χ1v) is 7.99. The second kappa shape index (κ2) is 7.06. The highest BCUT2D eigenvalue weighted by Gasteiger charge is 2.12. The number of benzene rings is 2. The molecule has 0 saturated heterocycles. The van der Waals surface area contributed by atoms with Crippen LogP contribution in [0.15, 0.2) is 54.6 Å². The van der Waals surface area contributed by atoms with Gasteiger partial charge in [-0.1, -0.05) is 24.3 Å². The number of nitriles is 1. The summed E-state index contributed by atoms with van der Waals surface area (Å²) in [6.45, 7) is 3.81. The third-order valence-electron chi connectivity index (χ3n) is 4.02. The standard InChI is InChI=1S/C21H18N2O2/c1-14-11-20(15(2)23-14)21(24)13-25-19-9-7-18(8-10-19)17-5-3-16(12-22)4-6-17/h3-11,23H,13H2,1-2H3. The lowest BCUT2D eigenvalue weighted by Gasteiger charge is -2.07. The zero-order chi connectivity index (χ0) is 17.8. The maximum atomic E-state index is 12.2. The molecule has 4 nitrogen and oxygen atoms in total. The van der Waals surface area contributed by atoms with E-state index in [0.29, 0.717) is 16.9 Å². The molecule has 1 aromatic heterocycles. The summed E-state index contributed by atoms with van der Waals surface area (Å²) in [5, 5.41) is 8.84. The Morgan fingerprint density at radius 1 is 1.04 bits per heavy atom. The van der Waals surface area contributed by atoms with E-state index in [0.717, 1.165) is 22.5 Å². The molecule has 0 aliphatic heterocycles. The minimum Gasteiger partial charge on any atom is -0.485 e. The Kier molecular flexibility index (Phi) is 4.67. The maximum absolute atomic E-state index is 12.2. The highest BCUT2D eigenvalue weighted by molar-refractivity contribution is 5.98. The fourth-order valence-electron chi connectivity index (χ4n) is 2.72. The van der Waals surface area contributed by atoms with Crippen LogP contribution in [0, 0.1) is 25.2 Å². The van der Waals surface area contributed by atoms with Crippen LogP contribution in [-0.4, -0.2) is 17.4 Å². The number of carbonyl (C=O) groups excluding carboxylic acids is 1. The summed E-state index contributed by atoms with van der Waals surface area (Å²) < 4.78 is 5.61. The van der Waals surface area contributed by atoms with Crippen molar-refractivity contribution in [3.8, 4) is 22.9 Å². The van der Waals surface area contributed by atoms with Crippen molar-refractivity contribution in [2.45, 2.75) is 13.8 Å². The zero-order valence-corrected chi connectivity index (χ0v) is 14.2. The van der Waals surface area contributed by atoms with Gasteiger partial charge in [0.2, 0.25) is 5.78 Å². The summed E-state index contributed by atoms with van der Waals surface area (Å²) in [5.74, 6) is 0.605. The lowest BCUT2D eigenvalue weighted by Crippen LogP contribution is -2.11. The first-order chi connectivity index (χ1) is 12.1. The van der Waals surface area contributed by atoms with Crippen LogP contribution >= 0.6 is 0 Å². The van der Waals surface area contributed by atoms with Crippen LogP contribution in [0.4, 0.5) is 0 Å². The molecule has 1 heterocycles. The molecule has 1 N–H and O–H groups in total. The van der Waals surface area contributed by atoms with E-state index in [-0.39, 0.29) is 12.4 Å². The molecule has 25 heavy (non-hydrogen) atoms. The number of Topliss-reactive ketones (excluding diaryl/α,β-unsaturated/α-hetero) is 1. The number of nitrogens with one attached hydrogen (secondary N) is 1. The van der Waals surface area contributed by atoms with Crippen molar-refractivity contribution in [2.75, 3.05) is 6.61 Å². The van der Waals surface area contributed by atoms with Gasteiger partial charge in [0.05, 0.1) is 11.6 Å². The van der Waals surface area contributed by atoms with E-state index in [1.54, 1.807) is 12.1 Å². The maximum Gasteiger partial charge on any atom is 0.201 e. The lowest BCUT2D eigenvalue weighted by molar-refractivity contribution is 0.0921. The Morgan fingerprint density at radius 2 is 1.64 bits per heavy atom.